The van der Waals surface area contributed by atoms with E-state index in [1.54, 1.807) is 6.33 Å². The lowest BCUT2D eigenvalue weighted by Gasteiger charge is -2.22. The van der Waals surface area contributed by atoms with Gasteiger partial charge in [-0.1, -0.05) is 12.1 Å². The number of hydrogen-bond acceptors (Lipinski definition) is 7. The van der Waals surface area contributed by atoms with E-state index in [2.05, 4.69) is 81.3 Å². The maximum atomic E-state index is 6.16. The van der Waals surface area contributed by atoms with Crippen molar-refractivity contribution in [3.8, 4) is 22.6 Å². The van der Waals surface area contributed by atoms with Crippen LogP contribution in [0.25, 0.3) is 33.1 Å². The van der Waals surface area contributed by atoms with E-state index in [1.165, 1.54) is 0 Å². The molecule has 0 bridgehead atoms. The molecule has 0 fully saturated rings. The molecule has 0 amide bonds. The van der Waals surface area contributed by atoms with E-state index in [0.717, 1.165) is 81.3 Å². The quantitative estimate of drug-likeness (QED) is 0.302. The molecule has 1 aliphatic rings. The summed E-state index contributed by atoms with van der Waals surface area (Å²) in [7, 11) is 4.15. The van der Waals surface area contributed by atoms with Crippen molar-refractivity contribution in [2.75, 3.05) is 45.3 Å². The smallest absolute Gasteiger partial charge is 0.140 e. The number of fused-ring (bicyclic) bond motifs is 3. The fraction of sp³-hybridized carbons (Fsp3) is 0.300. The molecule has 8 nitrogen and oxygen atoms in total. The normalized spacial score (nSPS) is 13.5. The summed E-state index contributed by atoms with van der Waals surface area (Å²) >= 11 is 0. The van der Waals surface area contributed by atoms with E-state index < -0.39 is 0 Å². The number of imidazole rings is 1. The van der Waals surface area contributed by atoms with Crippen molar-refractivity contribution in [1.29, 1.82) is 0 Å². The number of anilines is 1. The molecule has 0 unspecified atom stereocenters. The Kier molecular flexibility index (Phi) is 6.55. The van der Waals surface area contributed by atoms with Crippen LogP contribution >= 0.6 is 0 Å². The SMILES string of the molecule is Cc1nc2ccc(-c3ccc4c(c3)CN(c3ncnc5ccc(OCCCN(C)C)cc35)CCO4)cc2[nH]1. The van der Waals surface area contributed by atoms with Gasteiger partial charge < -0.3 is 24.3 Å². The van der Waals surface area contributed by atoms with Gasteiger partial charge in [-0.25, -0.2) is 15.0 Å². The summed E-state index contributed by atoms with van der Waals surface area (Å²) in [6.45, 7) is 5.64. The Morgan fingerprint density at radius 1 is 1.00 bits per heavy atom. The average molecular weight is 509 g/mol. The number of rotatable bonds is 7. The van der Waals surface area contributed by atoms with Crippen LogP contribution in [0.5, 0.6) is 11.5 Å². The molecule has 6 rings (SSSR count). The van der Waals surface area contributed by atoms with Crippen molar-refractivity contribution in [2.45, 2.75) is 19.9 Å². The Balaban J connectivity index is 1.29. The molecule has 8 heteroatoms. The summed E-state index contributed by atoms with van der Waals surface area (Å²) in [5.74, 6) is 3.57. The van der Waals surface area contributed by atoms with Crippen LogP contribution in [-0.2, 0) is 6.54 Å². The van der Waals surface area contributed by atoms with Crippen LogP contribution in [0, 0.1) is 6.92 Å². The summed E-state index contributed by atoms with van der Waals surface area (Å²) in [4.78, 5) is 21.5. The number of aromatic nitrogens is 4. The zero-order chi connectivity index (χ0) is 26.1. The molecule has 0 aliphatic carbocycles. The molecule has 2 aromatic heterocycles. The maximum Gasteiger partial charge on any atom is 0.140 e. The third-order valence-corrected chi connectivity index (χ3v) is 6.88. The van der Waals surface area contributed by atoms with E-state index in [0.29, 0.717) is 19.8 Å². The number of benzene rings is 3. The van der Waals surface area contributed by atoms with Gasteiger partial charge in [0, 0.05) is 24.0 Å². The van der Waals surface area contributed by atoms with Crippen molar-refractivity contribution in [3.05, 3.63) is 72.3 Å². The van der Waals surface area contributed by atoms with Gasteiger partial charge >= 0.3 is 0 Å². The molecular weight excluding hydrogens is 476 g/mol. The molecule has 0 atom stereocenters. The Bertz CT molecular complexity index is 1600. The predicted molar refractivity (Wildman–Crippen MR) is 151 cm³/mol. The summed E-state index contributed by atoms with van der Waals surface area (Å²) in [5, 5.41) is 0.984. The molecule has 0 spiro atoms. The van der Waals surface area contributed by atoms with Crippen LogP contribution < -0.4 is 14.4 Å². The predicted octanol–water partition coefficient (Wildman–Crippen LogP) is 5.21. The molecule has 1 aliphatic heterocycles. The van der Waals surface area contributed by atoms with E-state index >= 15 is 0 Å². The van der Waals surface area contributed by atoms with Crippen molar-refractivity contribution >= 4 is 27.8 Å². The lowest BCUT2D eigenvalue weighted by atomic mass is 10.0. The van der Waals surface area contributed by atoms with Crippen LogP contribution in [0.1, 0.15) is 17.8 Å². The highest BCUT2D eigenvalue weighted by Gasteiger charge is 2.20. The third kappa shape index (κ3) is 4.99. The second-order valence-electron chi connectivity index (χ2n) is 10.0. The van der Waals surface area contributed by atoms with Gasteiger partial charge in [-0.3, -0.25) is 0 Å². The Labute approximate surface area is 222 Å². The first-order valence-corrected chi connectivity index (χ1v) is 13.0. The van der Waals surface area contributed by atoms with Crippen molar-refractivity contribution in [1.82, 2.24) is 24.8 Å². The molecule has 38 heavy (non-hydrogen) atoms. The molecular formula is C30H32N6O2. The van der Waals surface area contributed by atoms with Crippen LogP contribution in [0.4, 0.5) is 5.82 Å². The molecule has 3 heterocycles. The van der Waals surface area contributed by atoms with Crippen LogP contribution in [0.3, 0.4) is 0 Å². The van der Waals surface area contributed by atoms with Gasteiger partial charge in [0.25, 0.3) is 0 Å². The topological polar surface area (TPSA) is 79.4 Å². The molecule has 0 saturated heterocycles. The van der Waals surface area contributed by atoms with Crippen molar-refractivity contribution in [2.24, 2.45) is 0 Å². The minimum absolute atomic E-state index is 0.581. The standard InChI is InChI=1S/C30H32N6O2/c1-20-33-27-8-5-22(16-28(27)34-20)21-6-10-29-23(15-21)18-36(12-14-38-29)30-25-17-24(37-13-4-11-35(2)3)7-9-26(25)31-19-32-30/h5-10,15-17,19H,4,11-14,18H2,1-3H3,(H,33,34). The fourth-order valence-corrected chi connectivity index (χ4v) is 5.01. The zero-order valence-electron chi connectivity index (χ0n) is 22.1. The number of aryl methyl sites for hydroxylation is 1. The van der Waals surface area contributed by atoms with Gasteiger partial charge in [0.1, 0.15) is 36.1 Å². The van der Waals surface area contributed by atoms with Gasteiger partial charge in [0.15, 0.2) is 0 Å². The Hall–Kier alpha value is -4.17. The van der Waals surface area contributed by atoms with Gasteiger partial charge in [0.2, 0.25) is 0 Å². The van der Waals surface area contributed by atoms with Crippen molar-refractivity contribution in [3.63, 3.8) is 0 Å². The minimum atomic E-state index is 0.581. The number of hydrogen-bond donors (Lipinski definition) is 1. The average Bonchev–Trinajstić information content (AvgIpc) is 3.16. The monoisotopic (exact) mass is 508 g/mol. The highest BCUT2D eigenvalue weighted by molar-refractivity contribution is 5.90. The molecule has 194 valence electrons. The molecule has 0 radical (unpaired) electrons. The van der Waals surface area contributed by atoms with E-state index in [4.69, 9.17) is 14.5 Å². The number of nitrogens with zero attached hydrogens (tertiary/aromatic N) is 5. The highest BCUT2D eigenvalue weighted by Crippen LogP contribution is 2.34. The number of aromatic amines is 1. The minimum Gasteiger partial charge on any atom is -0.494 e. The summed E-state index contributed by atoms with van der Waals surface area (Å²) in [5.41, 5.74) is 6.33. The van der Waals surface area contributed by atoms with Gasteiger partial charge in [0.05, 0.1) is 29.7 Å². The maximum absolute atomic E-state index is 6.16. The Morgan fingerprint density at radius 2 is 1.84 bits per heavy atom. The number of ether oxygens (including phenoxy) is 2. The highest BCUT2D eigenvalue weighted by atomic mass is 16.5. The van der Waals surface area contributed by atoms with Gasteiger partial charge in [-0.2, -0.15) is 0 Å². The number of H-pyrrole nitrogens is 1. The largest absolute Gasteiger partial charge is 0.494 e. The van der Waals surface area contributed by atoms with Gasteiger partial charge in [-0.05, 0) is 81.0 Å². The fourth-order valence-electron chi connectivity index (χ4n) is 5.01. The summed E-state index contributed by atoms with van der Waals surface area (Å²) in [6.07, 6.45) is 2.61. The van der Waals surface area contributed by atoms with E-state index in [-0.39, 0.29) is 0 Å². The molecule has 3 aromatic carbocycles. The second kappa shape index (κ2) is 10.3. The second-order valence-corrected chi connectivity index (χ2v) is 10.0. The van der Waals surface area contributed by atoms with Crippen LogP contribution in [-0.4, -0.2) is 65.2 Å². The molecule has 0 saturated carbocycles. The van der Waals surface area contributed by atoms with Gasteiger partial charge in [-0.15, -0.1) is 0 Å². The van der Waals surface area contributed by atoms with E-state index in [9.17, 15) is 0 Å². The summed E-state index contributed by atoms with van der Waals surface area (Å²) in [6, 6.07) is 18.8. The first-order chi connectivity index (χ1) is 18.5. The first kappa shape index (κ1) is 24.2. The lowest BCUT2D eigenvalue weighted by Crippen LogP contribution is -2.26. The Morgan fingerprint density at radius 3 is 2.74 bits per heavy atom. The van der Waals surface area contributed by atoms with Crippen molar-refractivity contribution < 1.29 is 9.47 Å². The van der Waals surface area contributed by atoms with Crippen LogP contribution in [0.15, 0.2) is 60.9 Å². The van der Waals surface area contributed by atoms with E-state index in [1.807, 2.05) is 19.1 Å². The first-order valence-electron chi connectivity index (χ1n) is 13.0. The summed E-state index contributed by atoms with van der Waals surface area (Å²) < 4.78 is 12.2. The van der Waals surface area contributed by atoms with Crippen LogP contribution in [0.2, 0.25) is 0 Å². The zero-order valence-corrected chi connectivity index (χ0v) is 22.1. The molecule has 5 aromatic rings. The lowest BCUT2D eigenvalue weighted by molar-refractivity contribution is 0.282. The third-order valence-electron chi connectivity index (χ3n) is 6.88. The number of nitrogens with one attached hydrogen (secondary N) is 1. The molecule has 1 N–H and O–H groups in total.